The molecule has 112 valence electrons. The van der Waals surface area contributed by atoms with E-state index in [4.69, 9.17) is 23.2 Å². The van der Waals surface area contributed by atoms with Crippen molar-refractivity contribution >= 4 is 39.7 Å². The highest BCUT2D eigenvalue weighted by Crippen LogP contribution is 2.35. The fourth-order valence-corrected chi connectivity index (χ4v) is 2.86. The molecule has 0 radical (unpaired) electrons. The fraction of sp³-hybridized carbons (Fsp3) is 0.0588. The van der Waals surface area contributed by atoms with Crippen LogP contribution in [0.1, 0.15) is 5.56 Å². The van der Waals surface area contributed by atoms with Crippen LogP contribution in [0.4, 0.5) is 5.69 Å². The molecule has 0 saturated carbocycles. The van der Waals surface area contributed by atoms with Gasteiger partial charge >= 0.3 is 0 Å². The van der Waals surface area contributed by atoms with Gasteiger partial charge in [-0.25, -0.2) is 0 Å². The Labute approximate surface area is 137 Å². The third kappa shape index (κ3) is 2.78. The van der Waals surface area contributed by atoms with E-state index < -0.39 is 0 Å². The Hall–Kier alpha value is -2.10. The molecule has 3 N–H and O–H groups in total. The van der Waals surface area contributed by atoms with Gasteiger partial charge in [-0.3, -0.25) is 0 Å². The van der Waals surface area contributed by atoms with E-state index in [1.54, 1.807) is 18.2 Å². The van der Waals surface area contributed by atoms with Crippen molar-refractivity contribution in [2.45, 2.75) is 6.54 Å². The van der Waals surface area contributed by atoms with Crippen molar-refractivity contribution in [3.8, 4) is 11.5 Å². The SMILES string of the molecule is Oc1ccc2ccccc2c1CNc1cc(Cl)c(O)c(Cl)c1. The molecule has 0 fully saturated rings. The van der Waals surface area contributed by atoms with Crippen molar-refractivity contribution in [3.63, 3.8) is 0 Å². The number of phenols is 2. The monoisotopic (exact) mass is 333 g/mol. The van der Waals surface area contributed by atoms with Crippen LogP contribution in [0.15, 0.2) is 48.5 Å². The molecule has 0 amide bonds. The first-order chi connectivity index (χ1) is 10.6. The van der Waals surface area contributed by atoms with Crippen LogP contribution >= 0.6 is 23.2 Å². The topological polar surface area (TPSA) is 52.5 Å². The van der Waals surface area contributed by atoms with Gasteiger partial charge in [-0.1, -0.05) is 53.5 Å². The first-order valence-electron chi connectivity index (χ1n) is 6.68. The molecule has 5 heteroatoms. The molecule has 3 nitrogen and oxygen atoms in total. The lowest BCUT2D eigenvalue weighted by Gasteiger charge is -2.12. The molecular formula is C17H13Cl2NO2. The van der Waals surface area contributed by atoms with Crippen molar-refractivity contribution in [2.24, 2.45) is 0 Å². The molecule has 0 unspecified atom stereocenters. The summed E-state index contributed by atoms with van der Waals surface area (Å²) in [5, 5.41) is 25.2. The van der Waals surface area contributed by atoms with Crippen molar-refractivity contribution in [3.05, 3.63) is 64.1 Å². The molecule has 3 aromatic rings. The average molecular weight is 334 g/mol. The maximum Gasteiger partial charge on any atom is 0.152 e. The number of fused-ring (bicyclic) bond motifs is 1. The largest absolute Gasteiger partial charge is 0.508 e. The van der Waals surface area contributed by atoms with Gasteiger partial charge in [-0.05, 0) is 29.0 Å². The van der Waals surface area contributed by atoms with Crippen LogP contribution in [0, 0.1) is 0 Å². The number of nitrogens with one attached hydrogen (secondary N) is 1. The van der Waals surface area contributed by atoms with Gasteiger partial charge in [0.2, 0.25) is 0 Å². The lowest BCUT2D eigenvalue weighted by molar-refractivity contribution is 0.470. The minimum absolute atomic E-state index is 0.137. The number of rotatable bonds is 3. The predicted octanol–water partition coefficient (Wildman–Crippen LogP) is 5.17. The standard InChI is InChI=1S/C17H13Cl2NO2/c18-14-7-11(8-15(19)17(14)22)20-9-13-12-4-2-1-3-10(12)5-6-16(13)21/h1-8,20-22H,9H2. The highest BCUT2D eigenvalue weighted by Gasteiger charge is 2.09. The van der Waals surface area contributed by atoms with Crippen LogP contribution in [-0.2, 0) is 6.54 Å². The molecule has 3 aromatic carbocycles. The minimum atomic E-state index is -0.137. The molecule has 0 aliphatic heterocycles. The van der Waals surface area contributed by atoms with Gasteiger partial charge in [0.25, 0.3) is 0 Å². The van der Waals surface area contributed by atoms with Crippen LogP contribution in [0.5, 0.6) is 11.5 Å². The quantitative estimate of drug-likeness (QED) is 0.579. The van der Waals surface area contributed by atoms with E-state index in [9.17, 15) is 10.2 Å². The summed E-state index contributed by atoms with van der Waals surface area (Å²) in [7, 11) is 0. The molecule has 0 aliphatic carbocycles. The summed E-state index contributed by atoms with van der Waals surface area (Å²) in [6.07, 6.45) is 0. The second-order valence-electron chi connectivity index (χ2n) is 4.93. The van der Waals surface area contributed by atoms with E-state index in [-0.39, 0.29) is 21.5 Å². The second kappa shape index (κ2) is 5.95. The number of hydrogen-bond donors (Lipinski definition) is 3. The van der Waals surface area contributed by atoms with Crippen molar-refractivity contribution in [1.82, 2.24) is 0 Å². The van der Waals surface area contributed by atoms with E-state index >= 15 is 0 Å². The zero-order chi connectivity index (χ0) is 15.7. The summed E-state index contributed by atoms with van der Waals surface area (Å²) in [6.45, 7) is 0.407. The Bertz CT molecular complexity index is 826. The normalized spacial score (nSPS) is 10.8. The van der Waals surface area contributed by atoms with Crippen molar-refractivity contribution < 1.29 is 10.2 Å². The Morgan fingerprint density at radius 3 is 2.32 bits per heavy atom. The van der Waals surface area contributed by atoms with E-state index in [1.807, 2.05) is 30.3 Å². The lowest BCUT2D eigenvalue weighted by Crippen LogP contribution is -2.00. The summed E-state index contributed by atoms with van der Waals surface area (Å²) in [5.74, 6) is 0.0871. The van der Waals surface area contributed by atoms with Gasteiger partial charge < -0.3 is 15.5 Å². The molecule has 0 saturated heterocycles. The summed E-state index contributed by atoms with van der Waals surface area (Å²) >= 11 is 11.8. The molecular weight excluding hydrogens is 321 g/mol. The van der Waals surface area contributed by atoms with Crippen LogP contribution in [0.2, 0.25) is 10.0 Å². The number of anilines is 1. The molecule has 3 rings (SSSR count). The van der Waals surface area contributed by atoms with Gasteiger partial charge in [-0.2, -0.15) is 0 Å². The molecule has 0 atom stereocenters. The average Bonchev–Trinajstić information content (AvgIpc) is 2.51. The van der Waals surface area contributed by atoms with Crippen LogP contribution < -0.4 is 5.32 Å². The van der Waals surface area contributed by atoms with Crippen LogP contribution in [0.3, 0.4) is 0 Å². The van der Waals surface area contributed by atoms with E-state index in [0.717, 1.165) is 16.3 Å². The number of phenolic OH excluding ortho intramolecular Hbond substituents is 2. The summed E-state index contributed by atoms with van der Waals surface area (Å²) in [6, 6.07) is 14.6. The Morgan fingerprint density at radius 1 is 0.909 bits per heavy atom. The number of aromatic hydroxyl groups is 2. The first kappa shape index (κ1) is 14.8. The zero-order valence-corrected chi connectivity index (χ0v) is 13.0. The van der Waals surface area contributed by atoms with Crippen molar-refractivity contribution in [2.75, 3.05) is 5.32 Å². The van der Waals surface area contributed by atoms with E-state index in [0.29, 0.717) is 12.2 Å². The maximum absolute atomic E-state index is 10.1. The second-order valence-corrected chi connectivity index (χ2v) is 5.74. The molecule has 0 aliphatic rings. The number of halogens is 2. The number of hydrogen-bond acceptors (Lipinski definition) is 3. The highest BCUT2D eigenvalue weighted by molar-refractivity contribution is 6.37. The summed E-state index contributed by atoms with van der Waals surface area (Å²) < 4.78 is 0. The van der Waals surface area contributed by atoms with Crippen LogP contribution in [-0.4, -0.2) is 10.2 Å². The zero-order valence-electron chi connectivity index (χ0n) is 11.5. The minimum Gasteiger partial charge on any atom is -0.508 e. The van der Waals surface area contributed by atoms with Crippen molar-refractivity contribution in [1.29, 1.82) is 0 Å². The molecule has 22 heavy (non-hydrogen) atoms. The highest BCUT2D eigenvalue weighted by atomic mass is 35.5. The van der Waals surface area contributed by atoms with E-state index in [1.165, 1.54) is 0 Å². The van der Waals surface area contributed by atoms with Gasteiger partial charge in [0.15, 0.2) is 5.75 Å². The molecule has 0 aromatic heterocycles. The third-order valence-electron chi connectivity index (χ3n) is 3.50. The molecule has 0 spiro atoms. The third-order valence-corrected chi connectivity index (χ3v) is 4.08. The van der Waals surface area contributed by atoms with Crippen LogP contribution in [0.25, 0.3) is 10.8 Å². The predicted molar refractivity (Wildman–Crippen MR) is 91.1 cm³/mol. The van der Waals surface area contributed by atoms with Gasteiger partial charge in [0, 0.05) is 17.8 Å². The lowest BCUT2D eigenvalue weighted by atomic mass is 10.0. The van der Waals surface area contributed by atoms with Gasteiger partial charge in [-0.15, -0.1) is 0 Å². The Morgan fingerprint density at radius 2 is 1.59 bits per heavy atom. The fourth-order valence-electron chi connectivity index (χ4n) is 2.37. The Balaban J connectivity index is 1.93. The molecule has 0 heterocycles. The van der Waals surface area contributed by atoms with Gasteiger partial charge in [0.05, 0.1) is 10.0 Å². The first-order valence-corrected chi connectivity index (χ1v) is 7.43. The maximum atomic E-state index is 10.1. The molecule has 0 bridgehead atoms. The van der Waals surface area contributed by atoms with Gasteiger partial charge in [0.1, 0.15) is 5.75 Å². The Kier molecular flexibility index (Phi) is 4.01. The summed E-state index contributed by atoms with van der Waals surface area (Å²) in [4.78, 5) is 0. The smallest absolute Gasteiger partial charge is 0.152 e. The summed E-state index contributed by atoms with van der Waals surface area (Å²) in [5.41, 5.74) is 1.46. The number of benzene rings is 3. The van der Waals surface area contributed by atoms with E-state index in [2.05, 4.69) is 5.32 Å².